The molecule has 286 valence electrons. The van der Waals surface area contributed by atoms with Crippen molar-refractivity contribution in [1.29, 1.82) is 0 Å². The van der Waals surface area contributed by atoms with E-state index in [0.29, 0.717) is 41.9 Å². The number of carbonyl (C=O) groups excluding carboxylic acids is 1. The molecule has 3 unspecified atom stereocenters. The third-order valence-electron chi connectivity index (χ3n) is 8.97. The second-order valence-corrected chi connectivity index (χ2v) is 16.3. The first-order valence-corrected chi connectivity index (χ1v) is 19.6. The number of nitrogens with one attached hydrogen (secondary N) is 1. The Balaban J connectivity index is 0.000000375. The quantitative estimate of drug-likeness (QED) is 0.117. The number of aldehydes is 1. The lowest BCUT2D eigenvalue weighted by atomic mass is 9.93. The van der Waals surface area contributed by atoms with E-state index in [1.54, 1.807) is 13.2 Å². The molecule has 0 spiro atoms. The molecule has 2 heterocycles. The number of ether oxygens (including phenoxy) is 2. The number of carbonyl (C=O) groups is 1. The predicted octanol–water partition coefficient (Wildman–Crippen LogP) is 10.4. The lowest BCUT2D eigenvalue weighted by molar-refractivity contribution is -0.109. The first kappa shape index (κ1) is 43.2. The van der Waals surface area contributed by atoms with Crippen molar-refractivity contribution in [1.82, 2.24) is 5.32 Å². The average molecular weight is 765 g/mol. The number of alkyl halides is 2. The number of hydrogen-bond donors (Lipinski definition) is 1. The van der Waals surface area contributed by atoms with E-state index in [-0.39, 0.29) is 31.5 Å². The summed E-state index contributed by atoms with van der Waals surface area (Å²) in [6.45, 7) is 14.3. The van der Waals surface area contributed by atoms with E-state index in [9.17, 15) is 23.0 Å². The number of rotatable bonds is 11. The molecule has 5 rings (SSSR count). The maximum absolute atomic E-state index is 13.3. The van der Waals surface area contributed by atoms with Gasteiger partial charge in [-0.1, -0.05) is 68.7 Å². The van der Waals surface area contributed by atoms with Crippen LogP contribution in [0.2, 0.25) is 5.02 Å². The molecule has 0 aliphatic carbocycles. The Morgan fingerprint density at radius 1 is 1.08 bits per heavy atom. The Labute approximate surface area is 311 Å². The van der Waals surface area contributed by atoms with Crippen LogP contribution in [0.25, 0.3) is 0 Å². The van der Waals surface area contributed by atoms with E-state index >= 15 is 0 Å². The summed E-state index contributed by atoms with van der Waals surface area (Å²) < 4.78 is 60.5. The molecule has 3 aromatic carbocycles. The monoisotopic (exact) mass is 764 g/mol. The second-order valence-electron chi connectivity index (χ2n) is 13.9. The minimum Gasteiger partial charge on any atom is -0.496 e. The van der Waals surface area contributed by atoms with Crippen molar-refractivity contribution >= 4 is 25.5 Å². The smallest absolute Gasteiger partial charge is 0.368 e. The fourth-order valence-electron chi connectivity index (χ4n) is 5.56. The highest BCUT2D eigenvalue weighted by Crippen LogP contribution is 2.56. The van der Waals surface area contributed by atoms with Crippen molar-refractivity contribution in [2.45, 2.75) is 97.8 Å². The third kappa shape index (κ3) is 13.0. The highest BCUT2D eigenvalue weighted by molar-refractivity contribution is 7.53. The molecule has 0 aromatic heterocycles. The number of hydrogen-bond acceptors (Lipinski definition) is 9. The summed E-state index contributed by atoms with van der Waals surface area (Å²) in [6.07, 6.45) is 1.11. The maximum atomic E-state index is 13.3. The number of benzene rings is 3. The van der Waals surface area contributed by atoms with E-state index in [1.165, 1.54) is 16.7 Å². The van der Waals surface area contributed by atoms with Gasteiger partial charge in [-0.05, 0) is 103 Å². The Hall–Kier alpha value is -3.21. The van der Waals surface area contributed by atoms with Crippen molar-refractivity contribution in [3.05, 3.63) is 97.9 Å². The normalized spacial score (nSPS) is 21.3. The number of halogens is 3. The van der Waals surface area contributed by atoms with Gasteiger partial charge in [-0.3, -0.25) is 9.09 Å². The summed E-state index contributed by atoms with van der Waals surface area (Å²) in [5.41, 5.74) is 6.82. The molecular formula is C39H52ClF2N2O7P. The van der Waals surface area contributed by atoms with Crippen molar-refractivity contribution < 1.29 is 36.7 Å². The van der Waals surface area contributed by atoms with Crippen molar-refractivity contribution in [2.75, 3.05) is 26.6 Å². The molecule has 0 radical (unpaired) electrons. The fraction of sp³-hybridized carbons (Fsp3) is 0.513. The van der Waals surface area contributed by atoms with Crippen molar-refractivity contribution in [3.63, 3.8) is 0 Å². The number of methoxy groups -OCH3 is 1. The van der Waals surface area contributed by atoms with Gasteiger partial charge in [-0.25, -0.2) is 8.78 Å². The maximum Gasteiger partial charge on any atom is 0.368 e. The minimum absolute atomic E-state index is 0.0278. The Bertz CT molecular complexity index is 1670. The lowest BCUT2D eigenvalue weighted by Gasteiger charge is -2.30. The van der Waals surface area contributed by atoms with E-state index in [2.05, 4.69) is 50.3 Å². The molecular weight excluding hydrogens is 713 g/mol. The molecule has 1 N–H and O–H groups in total. The van der Waals surface area contributed by atoms with Crippen LogP contribution in [-0.2, 0) is 24.8 Å². The van der Waals surface area contributed by atoms with Crippen molar-refractivity contribution in [2.24, 2.45) is 11.1 Å². The minimum atomic E-state index is -3.41. The van der Waals surface area contributed by atoms with Crippen molar-refractivity contribution in [3.8, 4) is 11.5 Å². The molecule has 3 aromatic rings. The molecule has 4 atom stereocenters. The van der Waals surface area contributed by atoms with Crippen LogP contribution in [0, 0.1) is 24.7 Å². The average Bonchev–Trinajstić information content (AvgIpc) is 3.47. The molecule has 0 amide bonds. The first-order valence-electron chi connectivity index (χ1n) is 17.5. The van der Waals surface area contributed by atoms with E-state index < -0.39 is 19.6 Å². The second kappa shape index (κ2) is 19.7. The summed E-state index contributed by atoms with van der Waals surface area (Å²) in [5, 5.41) is 5.84. The van der Waals surface area contributed by atoms with E-state index in [4.69, 9.17) is 30.1 Å². The molecule has 52 heavy (non-hydrogen) atoms. The van der Waals surface area contributed by atoms with Crippen LogP contribution >= 0.6 is 19.2 Å². The Kier molecular flexibility index (Phi) is 16.4. The number of aryl methyl sites for hydroxylation is 2. The van der Waals surface area contributed by atoms with Crippen LogP contribution < -0.4 is 14.8 Å². The van der Waals surface area contributed by atoms with Gasteiger partial charge in [0, 0.05) is 17.9 Å². The molecule has 0 bridgehead atoms. The van der Waals surface area contributed by atoms with Gasteiger partial charge in [0.1, 0.15) is 17.8 Å². The van der Waals surface area contributed by atoms with Crippen LogP contribution in [0.4, 0.5) is 8.78 Å². The van der Waals surface area contributed by atoms with Gasteiger partial charge in [0.2, 0.25) is 0 Å². The topological polar surface area (TPSA) is 113 Å². The molecule has 2 aliphatic heterocycles. The number of nitrogens with zero attached hydrogens (tertiary/aromatic N) is 1. The van der Waals surface area contributed by atoms with Gasteiger partial charge in [-0.2, -0.15) is 4.91 Å². The standard InChI is InChI=1S/C29H34ClO5P.C5H7F2NO.C5H11NO/c1-19(2)26-15-22(9-10-29(26)32-5)16-27-20(3)13-25(14-21(27)4)33-18-36(31)34-12-11-28(35-36)23-7-6-8-24(30)17-23;6-5(7)1-4(2-9)8-3-5;1-4(2)5(3)6-7/h6-10,13-15,17,19,28H,11-12,16,18H2,1-5H3;2,4,8H,1,3H2;4-5H,1-3H3/t28?,36-;;/m1../s1. The van der Waals surface area contributed by atoms with Crippen LogP contribution in [0.15, 0.2) is 59.8 Å². The van der Waals surface area contributed by atoms with Gasteiger partial charge < -0.3 is 24.1 Å². The summed E-state index contributed by atoms with van der Waals surface area (Å²) in [7, 11) is -1.70. The lowest BCUT2D eigenvalue weighted by Crippen LogP contribution is -2.23. The first-order chi connectivity index (χ1) is 24.5. The van der Waals surface area contributed by atoms with Crippen LogP contribution in [0.1, 0.15) is 92.9 Å². The van der Waals surface area contributed by atoms with E-state index in [1.807, 2.05) is 57.2 Å². The molecule has 9 nitrogen and oxygen atoms in total. The van der Waals surface area contributed by atoms with Gasteiger partial charge in [0.25, 0.3) is 5.92 Å². The fourth-order valence-corrected chi connectivity index (χ4v) is 7.26. The molecule has 2 fully saturated rings. The zero-order valence-corrected chi connectivity index (χ0v) is 32.9. The largest absolute Gasteiger partial charge is 0.496 e. The van der Waals surface area contributed by atoms with E-state index in [0.717, 1.165) is 28.9 Å². The summed E-state index contributed by atoms with van der Waals surface area (Å²) in [5.74, 6) is -0.337. The number of nitroso groups, excluding NO2 is 1. The Morgan fingerprint density at radius 3 is 2.27 bits per heavy atom. The highest BCUT2D eigenvalue weighted by atomic mass is 35.5. The predicted molar refractivity (Wildman–Crippen MR) is 202 cm³/mol. The third-order valence-corrected chi connectivity index (χ3v) is 10.8. The summed E-state index contributed by atoms with van der Waals surface area (Å²) >= 11 is 6.12. The Morgan fingerprint density at radius 2 is 1.77 bits per heavy atom. The highest BCUT2D eigenvalue weighted by Gasteiger charge is 2.39. The molecule has 13 heteroatoms. The van der Waals surface area contributed by atoms with Crippen LogP contribution in [0.3, 0.4) is 0 Å². The summed E-state index contributed by atoms with van der Waals surface area (Å²) in [4.78, 5) is 19.6. The van der Waals surface area contributed by atoms with Gasteiger partial charge in [0.15, 0.2) is 6.35 Å². The molecule has 0 saturated carbocycles. The van der Waals surface area contributed by atoms with Gasteiger partial charge in [0.05, 0.1) is 38.4 Å². The van der Waals surface area contributed by atoms with Crippen LogP contribution in [-0.4, -0.2) is 50.9 Å². The SMILES string of the molecule is CC(C)C(C)N=O.COc1ccc(Cc2c(C)cc(OC[P@@]3(=O)OCCC(c4cccc(Cl)c4)O3)cc2C)cc1C(C)C.O=CC1CC(F)(F)CN1. The molecule has 2 saturated heterocycles. The summed E-state index contributed by atoms with van der Waals surface area (Å²) in [6, 6.07) is 17.1. The molecule has 2 aliphatic rings. The van der Waals surface area contributed by atoms with Gasteiger partial charge in [-0.15, -0.1) is 0 Å². The van der Waals surface area contributed by atoms with Crippen LogP contribution in [0.5, 0.6) is 11.5 Å². The van der Waals surface area contributed by atoms with Gasteiger partial charge >= 0.3 is 7.60 Å². The zero-order valence-electron chi connectivity index (χ0n) is 31.3. The zero-order chi connectivity index (χ0) is 38.6.